The quantitative estimate of drug-likeness (QED) is 0.913. The van der Waals surface area contributed by atoms with Gasteiger partial charge in [-0.05, 0) is 36.1 Å². The summed E-state index contributed by atoms with van der Waals surface area (Å²) in [4.78, 5) is 11.1. The van der Waals surface area contributed by atoms with E-state index in [4.69, 9.17) is 5.73 Å². The maximum Gasteiger partial charge on any atom is 0.128 e. The van der Waals surface area contributed by atoms with Crippen LogP contribution in [0.3, 0.4) is 0 Å². The normalized spacial score (nSPS) is 18.8. The van der Waals surface area contributed by atoms with E-state index in [9.17, 15) is 0 Å². The van der Waals surface area contributed by atoms with Crippen molar-refractivity contribution in [2.75, 3.05) is 11.4 Å². The third kappa shape index (κ3) is 2.44. The smallest absolute Gasteiger partial charge is 0.128 e. The SMILES string of the molecule is NCc1ccc(N2CCC[C@@H]2c2cccnc2)nc1. The van der Waals surface area contributed by atoms with Crippen molar-refractivity contribution in [3.8, 4) is 0 Å². The van der Waals surface area contributed by atoms with Gasteiger partial charge in [0.15, 0.2) is 0 Å². The molecule has 0 bridgehead atoms. The standard InChI is InChI=1S/C15H18N4/c16-9-12-5-6-15(18-10-12)19-8-2-4-14(19)13-3-1-7-17-11-13/h1,3,5-7,10-11,14H,2,4,8-9,16H2/t14-/m1/s1. The molecule has 1 saturated heterocycles. The molecule has 0 aromatic carbocycles. The van der Waals surface area contributed by atoms with Crippen LogP contribution in [0.5, 0.6) is 0 Å². The van der Waals surface area contributed by atoms with Crippen molar-refractivity contribution in [2.24, 2.45) is 5.73 Å². The summed E-state index contributed by atoms with van der Waals surface area (Å²) in [5, 5.41) is 0. The van der Waals surface area contributed by atoms with Gasteiger partial charge in [-0.1, -0.05) is 12.1 Å². The van der Waals surface area contributed by atoms with Crippen LogP contribution in [0.1, 0.15) is 30.0 Å². The molecule has 0 saturated carbocycles. The Labute approximate surface area is 113 Å². The van der Waals surface area contributed by atoms with E-state index in [1.807, 2.05) is 24.7 Å². The van der Waals surface area contributed by atoms with Gasteiger partial charge in [0, 0.05) is 31.7 Å². The van der Waals surface area contributed by atoms with Crippen molar-refractivity contribution in [1.29, 1.82) is 0 Å². The lowest BCUT2D eigenvalue weighted by molar-refractivity contribution is 0.707. The molecule has 1 aliphatic heterocycles. The number of aromatic nitrogens is 2. The summed E-state index contributed by atoms with van der Waals surface area (Å²) in [6.45, 7) is 1.59. The average Bonchev–Trinajstić information content (AvgIpc) is 2.98. The van der Waals surface area contributed by atoms with E-state index < -0.39 is 0 Å². The topological polar surface area (TPSA) is 55.0 Å². The zero-order valence-corrected chi connectivity index (χ0v) is 10.9. The number of nitrogens with two attached hydrogens (primary N) is 1. The van der Waals surface area contributed by atoms with Crippen LogP contribution >= 0.6 is 0 Å². The predicted octanol–water partition coefficient (Wildman–Crippen LogP) is 2.28. The Bertz CT molecular complexity index is 524. The van der Waals surface area contributed by atoms with Crippen molar-refractivity contribution < 1.29 is 0 Å². The van der Waals surface area contributed by atoms with Crippen LogP contribution in [0.4, 0.5) is 5.82 Å². The lowest BCUT2D eigenvalue weighted by atomic mass is 10.1. The molecule has 1 atom stereocenters. The van der Waals surface area contributed by atoms with Gasteiger partial charge < -0.3 is 10.6 Å². The van der Waals surface area contributed by atoms with E-state index in [0.717, 1.165) is 24.3 Å². The molecule has 19 heavy (non-hydrogen) atoms. The summed E-state index contributed by atoms with van der Waals surface area (Å²) in [6.07, 6.45) is 7.99. The zero-order chi connectivity index (χ0) is 13.1. The largest absolute Gasteiger partial charge is 0.350 e. The fraction of sp³-hybridized carbons (Fsp3) is 0.333. The first kappa shape index (κ1) is 12.1. The minimum absolute atomic E-state index is 0.393. The highest BCUT2D eigenvalue weighted by atomic mass is 15.2. The van der Waals surface area contributed by atoms with Gasteiger partial charge in [-0.15, -0.1) is 0 Å². The molecular weight excluding hydrogens is 236 g/mol. The molecule has 2 aromatic heterocycles. The van der Waals surface area contributed by atoms with Crippen LogP contribution in [0.2, 0.25) is 0 Å². The molecule has 4 heteroatoms. The van der Waals surface area contributed by atoms with Crippen molar-refractivity contribution in [3.05, 3.63) is 54.0 Å². The van der Waals surface area contributed by atoms with Crippen LogP contribution in [0.15, 0.2) is 42.9 Å². The fourth-order valence-corrected chi connectivity index (χ4v) is 2.67. The minimum atomic E-state index is 0.393. The molecule has 0 unspecified atom stereocenters. The third-order valence-corrected chi connectivity index (χ3v) is 3.66. The first-order valence-electron chi connectivity index (χ1n) is 6.70. The monoisotopic (exact) mass is 254 g/mol. The van der Waals surface area contributed by atoms with Crippen molar-refractivity contribution in [3.63, 3.8) is 0 Å². The molecule has 0 spiro atoms. The van der Waals surface area contributed by atoms with Crippen LogP contribution < -0.4 is 10.6 Å². The van der Waals surface area contributed by atoms with Crippen LogP contribution in [-0.2, 0) is 6.54 Å². The van der Waals surface area contributed by atoms with Crippen molar-refractivity contribution in [2.45, 2.75) is 25.4 Å². The highest BCUT2D eigenvalue weighted by Crippen LogP contribution is 2.34. The molecule has 2 N–H and O–H groups in total. The van der Waals surface area contributed by atoms with Gasteiger partial charge in [0.25, 0.3) is 0 Å². The van der Waals surface area contributed by atoms with Gasteiger partial charge in [0.1, 0.15) is 5.82 Å². The van der Waals surface area contributed by atoms with Gasteiger partial charge in [0.2, 0.25) is 0 Å². The zero-order valence-electron chi connectivity index (χ0n) is 10.9. The van der Waals surface area contributed by atoms with Gasteiger partial charge in [0.05, 0.1) is 6.04 Å². The summed E-state index contributed by atoms with van der Waals surface area (Å²) in [6, 6.07) is 8.66. The molecule has 0 radical (unpaired) electrons. The highest BCUT2D eigenvalue weighted by molar-refractivity contribution is 5.44. The second-order valence-electron chi connectivity index (χ2n) is 4.87. The highest BCUT2D eigenvalue weighted by Gasteiger charge is 2.26. The second kappa shape index (κ2) is 5.36. The van der Waals surface area contributed by atoms with E-state index >= 15 is 0 Å². The van der Waals surface area contributed by atoms with E-state index in [1.54, 1.807) is 0 Å². The number of hydrogen-bond donors (Lipinski definition) is 1. The minimum Gasteiger partial charge on any atom is -0.350 e. The number of nitrogens with zero attached hydrogens (tertiary/aromatic N) is 3. The first-order chi connectivity index (χ1) is 9.38. The Hall–Kier alpha value is -1.94. The Morgan fingerprint density at radius 1 is 1.26 bits per heavy atom. The predicted molar refractivity (Wildman–Crippen MR) is 75.7 cm³/mol. The maximum atomic E-state index is 5.61. The molecule has 1 fully saturated rings. The van der Waals surface area contributed by atoms with E-state index in [2.05, 4.69) is 33.1 Å². The lowest BCUT2D eigenvalue weighted by Crippen LogP contribution is -2.23. The van der Waals surface area contributed by atoms with Crippen LogP contribution in [0.25, 0.3) is 0 Å². The van der Waals surface area contributed by atoms with E-state index in [-0.39, 0.29) is 0 Å². The summed E-state index contributed by atoms with van der Waals surface area (Å²) in [5.74, 6) is 1.03. The van der Waals surface area contributed by atoms with Crippen molar-refractivity contribution >= 4 is 5.82 Å². The van der Waals surface area contributed by atoms with E-state index in [1.165, 1.54) is 12.0 Å². The third-order valence-electron chi connectivity index (χ3n) is 3.66. The number of rotatable bonds is 3. The summed E-state index contributed by atoms with van der Waals surface area (Å²) in [7, 11) is 0. The molecule has 0 amide bonds. The van der Waals surface area contributed by atoms with E-state index in [0.29, 0.717) is 12.6 Å². The Balaban J connectivity index is 1.86. The fourth-order valence-electron chi connectivity index (χ4n) is 2.67. The Morgan fingerprint density at radius 2 is 2.21 bits per heavy atom. The molecule has 3 heterocycles. The molecule has 0 aliphatic carbocycles. The summed E-state index contributed by atoms with van der Waals surface area (Å²) in [5.41, 5.74) is 7.95. The first-order valence-corrected chi connectivity index (χ1v) is 6.70. The van der Waals surface area contributed by atoms with Gasteiger partial charge in [-0.25, -0.2) is 4.98 Å². The lowest BCUT2D eigenvalue weighted by Gasteiger charge is -2.25. The second-order valence-corrected chi connectivity index (χ2v) is 4.87. The summed E-state index contributed by atoms with van der Waals surface area (Å²) < 4.78 is 0. The van der Waals surface area contributed by atoms with Crippen LogP contribution in [0, 0.1) is 0 Å². The summed E-state index contributed by atoms with van der Waals surface area (Å²) >= 11 is 0. The molecule has 3 rings (SSSR count). The van der Waals surface area contributed by atoms with Gasteiger partial charge in [-0.3, -0.25) is 4.98 Å². The van der Waals surface area contributed by atoms with Gasteiger partial charge in [-0.2, -0.15) is 0 Å². The molecule has 4 nitrogen and oxygen atoms in total. The molecular formula is C15H18N4. The van der Waals surface area contributed by atoms with Crippen LogP contribution in [-0.4, -0.2) is 16.5 Å². The number of anilines is 1. The number of hydrogen-bond acceptors (Lipinski definition) is 4. The Morgan fingerprint density at radius 3 is 2.89 bits per heavy atom. The maximum absolute atomic E-state index is 5.61. The molecule has 2 aromatic rings. The van der Waals surface area contributed by atoms with Crippen molar-refractivity contribution in [1.82, 2.24) is 9.97 Å². The van der Waals surface area contributed by atoms with Gasteiger partial charge >= 0.3 is 0 Å². The average molecular weight is 254 g/mol. The number of pyridine rings is 2. The Kier molecular flexibility index (Phi) is 3.42. The molecule has 1 aliphatic rings. The molecule has 98 valence electrons.